The van der Waals surface area contributed by atoms with Crippen LogP contribution in [-0.4, -0.2) is 25.6 Å². The van der Waals surface area contributed by atoms with Crippen molar-refractivity contribution in [1.82, 2.24) is 5.43 Å². The van der Waals surface area contributed by atoms with Crippen molar-refractivity contribution in [2.24, 2.45) is 10.1 Å². The first-order chi connectivity index (χ1) is 13.5. The van der Waals surface area contributed by atoms with Gasteiger partial charge < -0.3 is 4.90 Å². The number of amidine groups is 1. The minimum absolute atomic E-state index is 0.734. The topological polar surface area (TPSA) is 40.0 Å². The van der Waals surface area contributed by atoms with E-state index in [0.29, 0.717) is 0 Å². The van der Waals surface area contributed by atoms with Crippen LogP contribution in [0, 0.1) is 6.92 Å². The summed E-state index contributed by atoms with van der Waals surface area (Å²) in [6, 6.07) is 22.8. The number of aliphatic imine (C=N–C) groups is 1. The average Bonchev–Trinajstić information content (AvgIpc) is 2.88. The molecule has 140 valence electrons. The second-order valence-electron chi connectivity index (χ2n) is 7.00. The van der Waals surface area contributed by atoms with Gasteiger partial charge in [-0.1, -0.05) is 51.8 Å². The van der Waals surface area contributed by atoms with Gasteiger partial charge in [-0.15, -0.1) is 0 Å². The predicted octanol–water partition coefficient (Wildman–Crippen LogP) is 5.26. The highest BCUT2D eigenvalue weighted by atomic mass is 79.9. The summed E-state index contributed by atoms with van der Waals surface area (Å²) in [5.74, 6) is 0.734. The molecule has 0 unspecified atom stereocenters. The first kappa shape index (κ1) is 18.4. The summed E-state index contributed by atoms with van der Waals surface area (Å²) in [6.45, 7) is 2.09. The molecule has 1 heterocycles. The van der Waals surface area contributed by atoms with Crippen molar-refractivity contribution in [1.29, 1.82) is 0 Å². The second kappa shape index (κ2) is 7.60. The van der Waals surface area contributed by atoms with E-state index in [-0.39, 0.29) is 0 Å². The maximum atomic E-state index is 4.87. The molecule has 4 rings (SSSR count). The maximum Gasteiger partial charge on any atom is 0.154 e. The molecular formula is C23H21BrN4. The van der Waals surface area contributed by atoms with Crippen molar-refractivity contribution >= 4 is 38.9 Å². The Labute approximate surface area is 173 Å². The van der Waals surface area contributed by atoms with E-state index < -0.39 is 0 Å². The number of benzene rings is 3. The molecule has 28 heavy (non-hydrogen) atoms. The number of nitrogens with one attached hydrogen (secondary N) is 1. The van der Waals surface area contributed by atoms with Crippen LogP contribution < -0.4 is 10.3 Å². The number of rotatable bonds is 3. The van der Waals surface area contributed by atoms with Crippen LogP contribution in [-0.2, 0) is 0 Å². The zero-order valence-corrected chi connectivity index (χ0v) is 17.7. The highest BCUT2D eigenvalue weighted by Gasteiger charge is 2.17. The molecule has 1 aliphatic rings. The number of hydrogen-bond acceptors (Lipinski definition) is 4. The number of hydrogen-bond donors (Lipinski definition) is 1. The molecule has 0 aromatic heterocycles. The summed E-state index contributed by atoms with van der Waals surface area (Å²) in [6.07, 6.45) is 0. The fraction of sp³-hybridized carbons (Fsp3) is 0.130. The lowest BCUT2D eigenvalue weighted by atomic mass is 9.98. The van der Waals surface area contributed by atoms with Gasteiger partial charge in [-0.3, -0.25) is 5.43 Å². The van der Waals surface area contributed by atoms with E-state index in [4.69, 9.17) is 10.1 Å². The highest BCUT2D eigenvalue weighted by molar-refractivity contribution is 9.10. The number of halogens is 1. The molecule has 0 bridgehead atoms. The van der Waals surface area contributed by atoms with E-state index in [1.165, 1.54) is 5.56 Å². The Morgan fingerprint density at radius 1 is 0.857 bits per heavy atom. The summed E-state index contributed by atoms with van der Waals surface area (Å²) in [5, 5.41) is 4.74. The Kier molecular flexibility index (Phi) is 5.01. The number of aryl methyl sites for hydroxylation is 1. The molecule has 0 amide bonds. The van der Waals surface area contributed by atoms with Crippen LogP contribution in [0.1, 0.15) is 22.3 Å². The normalized spacial score (nSPS) is 13.0. The number of anilines is 1. The van der Waals surface area contributed by atoms with Crippen molar-refractivity contribution in [2.45, 2.75) is 6.92 Å². The quantitative estimate of drug-likeness (QED) is 0.613. The average molecular weight is 433 g/mol. The third-order valence-electron chi connectivity index (χ3n) is 4.69. The zero-order chi connectivity index (χ0) is 19.7. The van der Waals surface area contributed by atoms with Gasteiger partial charge in [0.25, 0.3) is 0 Å². The molecule has 4 nitrogen and oxygen atoms in total. The lowest BCUT2D eigenvalue weighted by Crippen LogP contribution is -2.19. The number of nitrogens with zero attached hydrogens (tertiary/aromatic N) is 3. The molecule has 0 aliphatic carbocycles. The van der Waals surface area contributed by atoms with E-state index in [1.54, 1.807) is 0 Å². The molecule has 0 saturated heterocycles. The zero-order valence-electron chi connectivity index (χ0n) is 16.1. The monoisotopic (exact) mass is 432 g/mol. The van der Waals surface area contributed by atoms with Crippen LogP contribution in [0.15, 0.2) is 81.3 Å². The van der Waals surface area contributed by atoms with Gasteiger partial charge in [0, 0.05) is 40.9 Å². The minimum Gasteiger partial charge on any atom is -0.378 e. The van der Waals surface area contributed by atoms with E-state index in [1.807, 2.05) is 38.4 Å². The lowest BCUT2D eigenvalue weighted by molar-refractivity contribution is 1.03. The van der Waals surface area contributed by atoms with Gasteiger partial charge in [-0.2, -0.15) is 5.10 Å². The van der Waals surface area contributed by atoms with Crippen molar-refractivity contribution in [3.05, 3.63) is 93.5 Å². The molecule has 5 heteroatoms. The fourth-order valence-corrected chi connectivity index (χ4v) is 3.39. The van der Waals surface area contributed by atoms with Gasteiger partial charge in [0.1, 0.15) is 0 Å². The van der Waals surface area contributed by atoms with Gasteiger partial charge >= 0.3 is 0 Å². The van der Waals surface area contributed by atoms with Crippen LogP contribution in [0.3, 0.4) is 0 Å². The smallest absolute Gasteiger partial charge is 0.154 e. The lowest BCUT2D eigenvalue weighted by Gasteiger charge is -2.14. The van der Waals surface area contributed by atoms with Crippen LogP contribution in [0.4, 0.5) is 11.4 Å². The summed E-state index contributed by atoms with van der Waals surface area (Å²) in [5.41, 5.74) is 10.4. The van der Waals surface area contributed by atoms with Crippen molar-refractivity contribution in [3.8, 4) is 0 Å². The van der Waals surface area contributed by atoms with E-state index in [9.17, 15) is 0 Å². The third-order valence-corrected chi connectivity index (χ3v) is 5.22. The minimum atomic E-state index is 0.734. The first-order valence-electron chi connectivity index (χ1n) is 9.08. The SMILES string of the molecule is Cc1ccc2c(c1)C(c1ccc(N(C)C)cc1)=NNC(c1ccc(Br)cc1)=N2. The summed E-state index contributed by atoms with van der Waals surface area (Å²) < 4.78 is 1.03. The highest BCUT2D eigenvalue weighted by Crippen LogP contribution is 2.27. The van der Waals surface area contributed by atoms with Crippen LogP contribution in [0.2, 0.25) is 0 Å². The van der Waals surface area contributed by atoms with Gasteiger partial charge in [0.15, 0.2) is 5.84 Å². The van der Waals surface area contributed by atoms with Gasteiger partial charge in [0.2, 0.25) is 0 Å². The first-order valence-corrected chi connectivity index (χ1v) is 9.88. The molecule has 0 spiro atoms. The summed E-state index contributed by atoms with van der Waals surface area (Å²) in [4.78, 5) is 6.96. The standard InChI is InChI=1S/C23H21BrN4/c1-15-4-13-21-20(14-15)22(16-7-11-19(12-8-16)28(2)3)26-27-23(25-21)17-5-9-18(24)10-6-17/h4-14H,1-3H3,(H,25,27). The molecule has 0 saturated carbocycles. The molecule has 3 aromatic rings. The molecule has 1 N–H and O–H groups in total. The Morgan fingerprint density at radius 3 is 2.21 bits per heavy atom. The molecule has 0 atom stereocenters. The largest absolute Gasteiger partial charge is 0.378 e. The molecule has 0 radical (unpaired) electrons. The Balaban J connectivity index is 1.81. The maximum absolute atomic E-state index is 4.87. The summed E-state index contributed by atoms with van der Waals surface area (Å²) in [7, 11) is 4.08. The van der Waals surface area contributed by atoms with E-state index in [2.05, 4.69) is 75.6 Å². The van der Waals surface area contributed by atoms with Gasteiger partial charge in [0.05, 0.1) is 11.4 Å². The van der Waals surface area contributed by atoms with Crippen molar-refractivity contribution in [2.75, 3.05) is 19.0 Å². The Bertz CT molecular complexity index is 1060. The molecule has 0 fully saturated rings. The van der Waals surface area contributed by atoms with Crippen LogP contribution >= 0.6 is 15.9 Å². The Morgan fingerprint density at radius 2 is 1.54 bits per heavy atom. The number of fused-ring (bicyclic) bond motifs is 1. The second-order valence-corrected chi connectivity index (χ2v) is 7.92. The van der Waals surface area contributed by atoms with Gasteiger partial charge in [-0.25, -0.2) is 4.99 Å². The van der Waals surface area contributed by atoms with Crippen LogP contribution in [0.5, 0.6) is 0 Å². The molecular weight excluding hydrogens is 412 g/mol. The van der Waals surface area contributed by atoms with Crippen LogP contribution in [0.25, 0.3) is 0 Å². The number of hydrazone groups is 1. The van der Waals surface area contributed by atoms with E-state index >= 15 is 0 Å². The van der Waals surface area contributed by atoms with Crippen molar-refractivity contribution in [3.63, 3.8) is 0 Å². The van der Waals surface area contributed by atoms with Crippen molar-refractivity contribution < 1.29 is 0 Å². The molecule has 1 aliphatic heterocycles. The Hall–Kier alpha value is -2.92. The molecule has 3 aromatic carbocycles. The fourth-order valence-electron chi connectivity index (χ4n) is 3.13. The van der Waals surface area contributed by atoms with Gasteiger partial charge in [-0.05, 0) is 43.3 Å². The van der Waals surface area contributed by atoms with E-state index in [0.717, 1.165) is 44.1 Å². The predicted molar refractivity (Wildman–Crippen MR) is 121 cm³/mol. The summed E-state index contributed by atoms with van der Waals surface area (Å²) >= 11 is 3.48. The third kappa shape index (κ3) is 3.71.